The van der Waals surface area contributed by atoms with Crippen molar-refractivity contribution in [3.05, 3.63) is 0 Å². The molecule has 0 fully saturated rings. The summed E-state index contributed by atoms with van der Waals surface area (Å²) >= 11 is 0. The molecule has 0 aromatic rings. The molecule has 0 amide bonds. The quantitative estimate of drug-likeness (QED) is 0.273. The van der Waals surface area contributed by atoms with Gasteiger partial charge < -0.3 is 18.8 Å². The summed E-state index contributed by atoms with van der Waals surface area (Å²) in [4.78, 5) is 27.5. The van der Waals surface area contributed by atoms with Gasteiger partial charge in [0, 0.05) is 0 Å². The van der Waals surface area contributed by atoms with E-state index in [0.29, 0.717) is 25.8 Å². The summed E-state index contributed by atoms with van der Waals surface area (Å²) in [5, 5.41) is 0. The topological polar surface area (TPSA) is 136 Å². The van der Waals surface area contributed by atoms with E-state index in [1.807, 2.05) is 0 Å². The Morgan fingerprint density at radius 3 is 2.40 bits per heavy atom. The van der Waals surface area contributed by atoms with Crippen molar-refractivity contribution < 1.29 is 26.5 Å². The minimum atomic E-state index is -4.77. The predicted molar refractivity (Wildman–Crippen MR) is 57.0 cm³/mol. The monoisotopic (exact) mass is 268 g/mol. The summed E-state index contributed by atoms with van der Waals surface area (Å²) in [5.74, 6) is -1.09. The van der Waals surface area contributed by atoms with Gasteiger partial charge in [-0.3, -0.25) is 9.79 Å². The zero-order valence-electron chi connectivity index (χ0n) is 10.3. The van der Waals surface area contributed by atoms with E-state index in [9.17, 15) is 9.36 Å². The maximum atomic E-state index is 10.9. The third-order valence-corrected chi connectivity index (χ3v) is 1.90. The van der Waals surface area contributed by atoms with Crippen molar-refractivity contribution in [3.63, 3.8) is 0 Å². The van der Waals surface area contributed by atoms with Crippen LogP contribution in [0.4, 0.5) is 0 Å². The Bertz CT molecular complexity index is 242. The Morgan fingerprint density at radius 2 is 2.00 bits per heavy atom. The molecule has 0 heterocycles. The number of hydrogen-bond acceptors (Lipinski definition) is 5. The van der Waals surface area contributed by atoms with E-state index in [2.05, 4.69) is 4.52 Å². The third-order valence-electron chi connectivity index (χ3n) is 1.48. The molecule has 0 bridgehead atoms. The Morgan fingerprint density at radius 1 is 1.47 bits per heavy atom. The van der Waals surface area contributed by atoms with Gasteiger partial charge in [0.2, 0.25) is 0 Å². The smallest absolute Gasteiger partial charge is 1.00 e. The number of phosphoric ester groups is 1. The van der Waals surface area contributed by atoms with Crippen molar-refractivity contribution in [2.24, 2.45) is 11.5 Å². The molecule has 6 N–H and O–H groups in total. The second kappa shape index (κ2) is 8.90. The van der Waals surface area contributed by atoms with Gasteiger partial charge in [0.1, 0.15) is 6.04 Å². The molecule has 15 heavy (non-hydrogen) atoms. The first-order valence-electron chi connectivity index (χ1n) is 4.11. The number of carbonyl (C=O) groups excluding carboxylic acids is 1. The van der Waals surface area contributed by atoms with Crippen LogP contribution in [-0.4, -0.2) is 66.1 Å². The van der Waals surface area contributed by atoms with Gasteiger partial charge in [-0.1, -0.05) is 6.42 Å². The molecule has 0 aliphatic heterocycles. The summed E-state index contributed by atoms with van der Waals surface area (Å²) < 4.78 is 14.1. The molecule has 0 aliphatic carbocycles. The van der Waals surface area contributed by atoms with Crippen molar-refractivity contribution >= 4 is 51.5 Å². The van der Waals surface area contributed by atoms with E-state index in [4.69, 9.17) is 21.3 Å². The Kier molecular flexibility index (Phi) is 10.8. The summed E-state index contributed by atoms with van der Waals surface area (Å²) in [5.41, 5.74) is 10.5. The molecule has 0 saturated carbocycles. The van der Waals surface area contributed by atoms with Crippen LogP contribution in [0.3, 0.4) is 0 Å². The molecular weight excluding hydrogens is 251 g/mol. The molecule has 0 unspecified atom stereocenters. The van der Waals surface area contributed by atoms with Gasteiger partial charge in [-0.2, -0.15) is 0 Å². The third kappa shape index (κ3) is 11.1. The molecule has 1 atom stereocenters. The van der Waals surface area contributed by atoms with Crippen LogP contribution in [0, 0.1) is 0 Å². The second-order valence-corrected chi connectivity index (χ2v) is 3.96. The van der Waals surface area contributed by atoms with Crippen LogP contribution in [0.1, 0.15) is 22.1 Å². The van der Waals surface area contributed by atoms with Crippen LogP contribution in [0.25, 0.3) is 0 Å². The molecular formula is C6H17CaN2O5P. The zero-order chi connectivity index (χ0) is 11.2. The van der Waals surface area contributed by atoms with Crippen LogP contribution in [0.2, 0.25) is 0 Å². The first-order valence-corrected chi connectivity index (χ1v) is 5.64. The molecule has 9 heteroatoms. The molecule has 0 aromatic carbocycles. The molecule has 0 saturated heterocycles. The van der Waals surface area contributed by atoms with Gasteiger partial charge in [-0.15, -0.1) is 0 Å². The van der Waals surface area contributed by atoms with Crippen molar-refractivity contribution in [1.82, 2.24) is 0 Å². The maximum Gasteiger partial charge on any atom is 2.00 e. The molecule has 0 aliphatic rings. The van der Waals surface area contributed by atoms with Crippen LogP contribution >= 0.6 is 7.82 Å². The normalized spacial score (nSPS) is 12.8. The fraction of sp³-hybridized carbons (Fsp3) is 0.833. The van der Waals surface area contributed by atoms with Gasteiger partial charge >= 0.3 is 51.5 Å². The van der Waals surface area contributed by atoms with E-state index in [1.165, 1.54) is 0 Å². The summed E-state index contributed by atoms with van der Waals surface area (Å²) in [6.07, 6.45) is 1.63. The molecule has 0 aromatic heterocycles. The maximum absolute atomic E-state index is 10.9. The summed E-state index contributed by atoms with van der Waals surface area (Å²) in [7, 11) is -4.77. The Hall–Kier alpha value is 0.800. The average Bonchev–Trinajstić information content (AvgIpc) is 2.01. The van der Waals surface area contributed by atoms with E-state index in [0.717, 1.165) is 0 Å². The van der Waals surface area contributed by atoms with Crippen molar-refractivity contribution in [2.75, 3.05) is 6.54 Å². The number of rotatable bonds is 6. The molecule has 88 valence electrons. The second-order valence-electron chi connectivity index (χ2n) is 2.79. The average molecular weight is 268 g/mol. The summed E-state index contributed by atoms with van der Waals surface area (Å²) in [6, 6.07) is -1.01. The van der Waals surface area contributed by atoms with Gasteiger partial charge in [-0.05, 0) is 19.4 Å². The largest absolute Gasteiger partial charge is 2.00 e. The van der Waals surface area contributed by atoms with Crippen molar-refractivity contribution in [2.45, 2.75) is 25.3 Å². The van der Waals surface area contributed by atoms with E-state index >= 15 is 0 Å². The van der Waals surface area contributed by atoms with Crippen LogP contribution < -0.4 is 11.5 Å². The number of nitrogens with two attached hydrogens (primary N) is 2. The molecule has 7 nitrogen and oxygen atoms in total. The van der Waals surface area contributed by atoms with E-state index in [1.54, 1.807) is 0 Å². The number of unbranched alkanes of at least 4 members (excludes halogenated alkanes) is 1. The number of carbonyl (C=O) groups is 1. The van der Waals surface area contributed by atoms with Gasteiger partial charge in [0.25, 0.3) is 0 Å². The van der Waals surface area contributed by atoms with E-state index in [-0.39, 0.29) is 40.6 Å². The molecule has 0 rings (SSSR count). The fourth-order valence-electron chi connectivity index (χ4n) is 0.811. The van der Waals surface area contributed by atoms with Gasteiger partial charge in [0.15, 0.2) is 0 Å². The first-order chi connectivity index (χ1) is 6.37. The number of phosphoric acid groups is 1. The standard InChI is InChI=1S/C6H15N2O5P.Ca.2H/c7-4-2-1-3-5(8)6(9)13-14(10,11)12;;;/h5H,1-4,7-8H2,(H2,10,11,12);;;/q;+2;2*-1/t5-;;;/m0.../s1. The van der Waals surface area contributed by atoms with Crippen molar-refractivity contribution in [3.8, 4) is 0 Å². The first kappa shape index (κ1) is 18.2. The summed E-state index contributed by atoms with van der Waals surface area (Å²) in [6.45, 7) is 0.486. The van der Waals surface area contributed by atoms with Crippen LogP contribution in [0.15, 0.2) is 0 Å². The minimum Gasteiger partial charge on any atom is -1.00 e. The predicted octanol–water partition coefficient (Wildman–Crippen LogP) is -1.08. The SMILES string of the molecule is NCCCC[C@H](N)C(=O)OP(=O)(O)O.[Ca+2].[H-].[H-]. The minimum absolute atomic E-state index is 0. The Balaban J connectivity index is -0.000000282. The van der Waals surface area contributed by atoms with Gasteiger partial charge in [-0.25, -0.2) is 9.36 Å². The fourth-order valence-corrected chi connectivity index (χ4v) is 1.18. The van der Waals surface area contributed by atoms with Crippen LogP contribution in [-0.2, 0) is 13.9 Å². The zero-order valence-corrected chi connectivity index (χ0v) is 11.4. The van der Waals surface area contributed by atoms with Crippen molar-refractivity contribution in [1.29, 1.82) is 0 Å². The van der Waals surface area contributed by atoms with Gasteiger partial charge in [0.05, 0.1) is 0 Å². The molecule has 0 spiro atoms. The van der Waals surface area contributed by atoms with Crippen LogP contribution in [0.5, 0.6) is 0 Å². The van der Waals surface area contributed by atoms with E-state index < -0.39 is 19.8 Å². The molecule has 0 radical (unpaired) electrons. The Labute approximate surface area is 121 Å². The number of hydrogen-bond donors (Lipinski definition) is 4.